The van der Waals surface area contributed by atoms with Crippen LogP contribution in [0.4, 0.5) is 14.9 Å². The maximum absolute atomic E-state index is 14.5. The number of hydrogen-bond donors (Lipinski definition) is 0. The third-order valence-corrected chi connectivity index (χ3v) is 7.35. The first kappa shape index (κ1) is 26.9. The fraction of sp³-hybridized carbons (Fsp3) is 0.533. The van der Waals surface area contributed by atoms with Crippen LogP contribution < -0.4 is 19.1 Å². The lowest BCUT2D eigenvalue weighted by molar-refractivity contribution is 0.0258. The first-order valence-corrected chi connectivity index (χ1v) is 13.6. The fourth-order valence-electron chi connectivity index (χ4n) is 5.42. The van der Waals surface area contributed by atoms with Gasteiger partial charge in [-0.1, -0.05) is 0 Å². The molecule has 2 aliphatic heterocycles. The Morgan fingerprint density at radius 2 is 1.92 bits per heavy atom. The van der Waals surface area contributed by atoms with Gasteiger partial charge in [-0.3, -0.25) is 0 Å². The highest BCUT2D eigenvalue weighted by atomic mass is 19.1. The van der Waals surface area contributed by atoms with Gasteiger partial charge in [-0.25, -0.2) is 9.18 Å². The molecule has 1 aliphatic carbocycles. The molecule has 8 nitrogen and oxygen atoms in total. The number of carbonyl (C=O) groups excluding carboxylic acids is 1. The summed E-state index contributed by atoms with van der Waals surface area (Å²) in [4.78, 5) is 16.9. The van der Waals surface area contributed by atoms with E-state index < -0.39 is 11.4 Å². The molecule has 9 heteroatoms. The van der Waals surface area contributed by atoms with Crippen molar-refractivity contribution in [3.8, 4) is 23.3 Å². The Kier molecular flexibility index (Phi) is 7.48. The van der Waals surface area contributed by atoms with Crippen molar-refractivity contribution < 1.29 is 28.1 Å². The van der Waals surface area contributed by atoms with E-state index in [-0.39, 0.29) is 29.8 Å². The summed E-state index contributed by atoms with van der Waals surface area (Å²) in [6.07, 6.45) is 3.54. The molecule has 0 N–H and O–H groups in total. The molecule has 1 saturated carbocycles. The summed E-state index contributed by atoms with van der Waals surface area (Å²) < 4.78 is 37.4. The molecule has 1 fully saturated rings. The molecule has 2 heterocycles. The highest BCUT2D eigenvalue weighted by Gasteiger charge is 2.36. The Balaban J connectivity index is 1.36. The first-order chi connectivity index (χ1) is 18.7. The monoisotopic (exact) mass is 537 g/mol. The molecule has 0 aromatic heterocycles. The van der Waals surface area contributed by atoms with E-state index >= 15 is 0 Å². The molecule has 0 radical (unpaired) electrons. The van der Waals surface area contributed by atoms with E-state index in [4.69, 9.17) is 18.9 Å². The molecule has 208 valence electrons. The molecule has 0 saturated heterocycles. The molecule has 0 bridgehead atoms. The number of amides is 1. The molecular formula is C30H36FN3O5. The minimum atomic E-state index is -0.590. The number of nitriles is 1. The van der Waals surface area contributed by atoms with Gasteiger partial charge in [0, 0.05) is 19.2 Å². The van der Waals surface area contributed by atoms with Gasteiger partial charge in [0.1, 0.15) is 36.4 Å². The molecule has 5 rings (SSSR count). The molecule has 0 atom stereocenters. The van der Waals surface area contributed by atoms with Crippen LogP contribution >= 0.6 is 0 Å². The van der Waals surface area contributed by atoms with E-state index in [1.807, 2.05) is 31.7 Å². The number of rotatable bonds is 6. The molecule has 3 aliphatic rings. The number of nitrogens with zero attached hydrogens (tertiary/aromatic N) is 3. The number of anilines is 1. The van der Waals surface area contributed by atoms with Crippen LogP contribution in [0.2, 0.25) is 0 Å². The van der Waals surface area contributed by atoms with Gasteiger partial charge in [-0.15, -0.1) is 0 Å². The van der Waals surface area contributed by atoms with E-state index in [0.29, 0.717) is 38.7 Å². The maximum atomic E-state index is 14.5. The lowest BCUT2D eigenvalue weighted by Crippen LogP contribution is -2.38. The average molecular weight is 538 g/mol. The average Bonchev–Trinajstić information content (AvgIpc) is 3.74. The molecule has 2 aromatic carbocycles. The summed E-state index contributed by atoms with van der Waals surface area (Å²) in [5, 5.41) is 9.19. The van der Waals surface area contributed by atoms with Gasteiger partial charge in [0.05, 0.1) is 31.5 Å². The second-order valence-corrected chi connectivity index (χ2v) is 11.3. The smallest absolute Gasteiger partial charge is 0.410 e. The van der Waals surface area contributed by atoms with Gasteiger partial charge in [0.2, 0.25) is 0 Å². The Morgan fingerprint density at radius 1 is 1.15 bits per heavy atom. The SMILES string of the molecule is COc1cc(OCCN2CCOc3cc4c(c(C5CC5)c32)CCN(C(=O)OC(C)(C)C)CC4)c(F)cc1C#N. The highest BCUT2D eigenvalue weighted by molar-refractivity contribution is 5.72. The third-order valence-electron chi connectivity index (χ3n) is 7.35. The summed E-state index contributed by atoms with van der Waals surface area (Å²) in [7, 11) is 1.44. The first-order valence-electron chi connectivity index (χ1n) is 13.6. The van der Waals surface area contributed by atoms with Gasteiger partial charge in [-0.05, 0) is 81.2 Å². The second-order valence-electron chi connectivity index (χ2n) is 11.3. The second kappa shape index (κ2) is 10.8. The molecule has 1 amide bonds. The molecule has 0 unspecified atom stereocenters. The molecule has 2 aromatic rings. The van der Waals surface area contributed by atoms with Crippen LogP contribution in [-0.2, 0) is 17.6 Å². The van der Waals surface area contributed by atoms with Gasteiger partial charge in [0.15, 0.2) is 11.6 Å². The quantitative estimate of drug-likeness (QED) is 0.501. The van der Waals surface area contributed by atoms with Gasteiger partial charge >= 0.3 is 6.09 Å². The van der Waals surface area contributed by atoms with Crippen molar-refractivity contribution in [2.75, 3.05) is 51.4 Å². The number of benzene rings is 2. The summed E-state index contributed by atoms with van der Waals surface area (Å²) in [6.45, 7) is 8.97. The zero-order valence-corrected chi connectivity index (χ0v) is 23.1. The van der Waals surface area contributed by atoms with E-state index in [1.165, 1.54) is 29.9 Å². The van der Waals surface area contributed by atoms with E-state index in [1.54, 1.807) is 0 Å². The lowest BCUT2D eigenvalue weighted by atomic mass is 9.91. The van der Waals surface area contributed by atoms with Crippen LogP contribution in [0.15, 0.2) is 18.2 Å². The van der Waals surface area contributed by atoms with Gasteiger partial charge in [0.25, 0.3) is 0 Å². The van der Waals surface area contributed by atoms with E-state index in [0.717, 1.165) is 43.2 Å². The number of hydrogen-bond acceptors (Lipinski definition) is 7. The zero-order valence-electron chi connectivity index (χ0n) is 23.1. The summed E-state index contributed by atoms with van der Waals surface area (Å²) in [5.74, 6) is 1.11. The summed E-state index contributed by atoms with van der Waals surface area (Å²) >= 11 is 0. The van der Waals surface area contributed by atoms with Crippen LogP contribution in [0.3, 0.4) is 0 Å². The van der Waals surface area contributed by atoms with Crippen LogP contribution in [0, 0.1) is 17.1 Å². The van der Waals surface area contributed by atoms with Gasteiger partial charge < -0.3 is 28.7 Å². The van der Waals surface area contributed by atoms with Crippen LogP contribution in [0.25, 0.3) is 0 Å². The molecule has 39 heavy (non-hydrogen) atoms. The summed E-state index contributed by atoms with van der Waals surface area (Å²) in [5.41, 5.74) is 4.60. The number of carbonyl (C=O) groups is 1. The topological polar surface area (TPSA) is 84.3 Å². The van der Waals surface area contributed by atoms with Crippen molar-refractivity contribution in [1.29, 1.82) is 5.26 Å². The Morgan fingerprint density at radius 3 is 2.62 bits per heavy atom. The Hall–Kier alpha value is -3.67. The van der Waals surface area contributed by atoms with Crippen LogP contribution in [-0.4, -0.2) is 63.1 Å². The third kappa shape index (κ3) is 5.85. The summed E-state index contributed by atoms with van der Waals surface area (Å²) in [6, 6.07) is 6.64. The van der Waals surface area contributed by atoms with Gasteiger partial charge in [-0.2, -0.15) is 5.26 Å². The van der Waals surface area contributed by atoms with E-state index in [2.05, 4.69) is 11.0 Å². The Bertz CT molecular complexity index is 1300. The maximum Gasteiger partial charge on any atom is 0.410 e. The van der Waals surface area contributed by atoms with Crippen LogP contribution in [0.5, 0.6) is 17.2 Å². The largest absolute Gasteiger partial charge is 0.495 e. The standard InChI is InChI=1S/C30H36FN3O5/c1-30(2,3)39-29(35)34-9-7-20-16-26-28(27(19-5-6-19)22(20)8-10-34)33(12-14-38-26)11-13-37-25-17-24(36-4)21(18-32)15-23(25)31/h15-17,19H,5-14H2,1-4H3. The number of methoxy groups -OCH3 is 1. The minimum absolute atomic E-state index is 0.0610. The van der Waals surface area contributed by atoms with E-state index in [9.17, 15) is 14.4 Å². The van der Waals surface area contributed by atoms with Crippen molar-refractivity contribution in [3.63, 3.8) is 0 Å². The predicted octanol–water partition coefficient (Wildman–Crippen LogP) is 5.20. The Labute approximate surface area is 229 Å². The number of fused-ring (bicyclic) bond motifs is 2. The molecule has 0 spiro atoms. The lowest BCUT2D eigenvalue weighted by Gasteiger charge is -2.35. The zero-order chi connectivity index (χ0) is 27.7. The predicted molar refractivity (Wildman–Crippen MR) is 145 cm³/mol. The fourth-order valence-corrected chi connectivity index (χ4v) is 5.42. The number of halogens is 1. The molecular weight excluding hydrogens is 501 g/mol. The van der Waals surface area contributed by atoms with Crippen molar-refractivity contribution in [1.82, 2.24) is 4.90 Å². The number of ether oxygens (including phenoxy) is 4. The van der Waals surface area contributed by atoms with Crippen molar-refractivity contribution in [2.24, 2.45) is 0 Å². The van der Waals surface area contributed by atoms with Crippen LogP contribution in [0.1, 0.15) is 61.8 Å². The highest BCUT2D eigenvalue weighted by Crippen LogP contribution is 2.51. The normalized spacial score (nSPS) is 16.8. The van der Waals surface area contributed by atoms with Crippen molar-refractivity contribution in [2.45, 2.75) is 58.0 Å². The van der Waals surface area contributed by atoms with Crippen molar-refractivity contribution >= 4 is 11.8 Å². The van der Waals surface area contributed by atoms with Crippen molar-refractivity contribution in [3.05, 3.63) is 46.3 Å². The minimum Gasteiger partial charge on any atom is -0.495 e.